The maximum atomic E-state index is 10.4. The molecule has 112 valence electrons. The zero-order valence-corrected chi connectivity index (χ0v) is 13.3. The van der Waals surface area contributed by atoms with Crippen LogP contribution in [-0.4, -0.2) is 34.2 Å². The summed E-state index contributed by atoms with van der Waals surface area (Å²) in [6.45, 7) is 8.03. The molecule has 2 aliphatic rings. The van der Waals surface area contributed by atoms with Gasteiger partial charge in [-0.2, -0.15) is 0 Å². The highest BCUT2D eigenvalue weighted by Crippen LogP contribution is 2.42. The fourth-order valence-electron chi connectivity index (χ4n) is 4.01. The predicted octanol–water partition coefficient (Wildman–Crippen LogP) is 3.15. The lowest BCUT2D eigenvalue weighted by molar-refractivity contribution is 0.0952. The average molecular weight is 276 g/mol. The molecule has 3 heteroatoms. The number of nitrogens with zero attached hydrogens (tertiary/aromatic N) is 2. The Bertz CT molecular complexity index is 491. The molecule has 3 rings (SSSR count). The van der Waals surface area contributed by atoms with Crippen LogP contribution < -0.4 is 0 Å². The summed E-state index contributed by atoms with van der Waals surface area (Å²) >= 11 is 0. The van der Waals surface area contributed by atoms with E-state index in [-0.39, 0.29) is 11.5 Å². The number of rotatable bonds is 1. The predicted molar refractivity (Wildman–Crippen MR) is 81.9 cm³/mol. The van der Waals surface area contributed by atoms with Crippen molar-refractivity contribution in [2.45, 2.75) is 64.6 Å². The van der Waals surface area contributed by atoms with Gasteiger partial charge in [0.25, 0.3) is 0 Å². The number of hydrogen-bond donors (Lipinski definition) is 1. The topological polar surface area (TPSA) is 28.4 Å². The zero-order chi connectivity index (χ0) is 14.5. The standard InChI is InChI=1S/C17H28N2O/c1-12-9-13(5-7-18(12)4)19-8-6-14-15(19)10-17(2,3)11-16(14)20/h6,8,12-13,16,20H,5,7,9-11H2,1-4H3. The van der Waals surface area contributed by atoms with Crippen molar-refractivity contribution in [2.24, 2.45) is 5.41 Å². The number of likely N-dealkylation sites (tertiary alicyclic amines) is 1. The number of piperidine rings is 1. The summed E-state index contributed by atoms with van der Waals surface area (Å²) in [7, 11) is 2.22. The van der Waals surface area contributed by atoms with Crippen molar-refractivity contribution in [1.82, 2.24) is 9.47 Å². The Morgan fingerprint density at radius 2 is 2.10 bits per heavy atom. The van der Waals surface area contributed by atoms with E-state index in [2.05, 4.69) is 49.5 Å². The zero-order valence-electron chi connectivity index (χ0n) is 13.3. The molecule has 1 aliphatic heterocycles. The summed E-state index contributed by atoms with van der Waals surface area (Å²) in [5.41, 5.74) is 2.77. The normalized spacial score (nSPS) is 34.0. The van der Waals surface area contributed by atoms with Crippen LogP contribution in [0.2, 0.25) is 0 Å². The molecule has 1 aromatic heterocycles. The van der Waals surface area contributed by atoms with Crippen LogP contribution in [-0.2, 0) is 6.42 Å². The van der Waals surface area contributed by atoms with Gasteiger partial charge in [0.2, 0.25) is 0 Å². The molecule has 1 N–H and O–H groups in total. The molecule has 0 radical (unpaired) electrons. The molecular formula is C17H28N2O. The fourth-order valence-corrected chi connectivity index (χ4v) is 4.01. The van der Waals surface area contributed by atoms with E-state index >= 15 is 0 Å². The first-order chi connectivity index (χ1) is 9.37. The lowest BCUT2D eigenvalue weighted by Crippen LogP contribution is -2.39. The third kappa shape index (κ3) is 2.42. The minimum absolute atomic E-state index is 0.208. The summed E-state index contributed by atoms with van der Waals surface area (Å²) in [6.07, 6.45) is 6.35. The van der Waals surface area contributed by atoms with E-state index in [1.165, 1.54) is 30.6 Å². The molecule has 1 saturated heterocycles. The van der Waals surface area contributed by atoms with Crippen LogP contribution in [0.3, 0.4) is 0 Å². The first-order valence-electron chi connectivity index (χ1n) is 7.95. The summed E-state index contributed by atoms with van der Waals surface area (Å²) in [5, 5.41) is 10.4. The minimum atomic E-state index is -0.279. The molecule has 0 saturated carbocycles. The lowest BCUT2D eigenvalue weighted by atomic mass is 9.75. The van der Waals surface area contributed by atoms with Gasteiger partial charge in [0, 0.05) is 36.1 Å². The highest BCUT2D eigenvalue weighted by Gasteiger charge is 2.35. The lowest BCUT2D eigenvalue weighted by Gasteiger charge is -2.39. The summed E-state index contributed by atoms with van der Waals surface area (Å²) < 4.78 is 2.48. The summed E-state index contributed by atoms with van der Waals surface area (Å²) in [6, 6.07) is 3.40. The molecule has 1 aromatic rings. The molecule has 0 aromatic carbocycles. The largest absolute Gasteiger partial charge is 0.388 e. The van der Waals surface area contributed by atoms with Gasteiger partial charge in [-0.25, -0.2) is 0 Å². The molecule has 3 nitrogen and oxygen atoms in total. The number of aliphatic hydroxyl groups is 1. The van der Waals surface area contributed by atoms with Crippen molar-refractivity contribution < 1.29 is 5.11 Å². The second-order valence-electron chi connectivity index (χ2n) is 7.69. The van der Waals surface area contributed by atoms with E-state index in [1.807, 2.05) is 0 Å². The van der Waals surface area contributed by atoms with Gasteiger partial charge in [-0.3, -0.25) is 0 Å². The molecule has 0 spiro atoms. The van der Waals surface area contributed by atoms with Crippen molar-refractivity contribution in [3.8, 4) is 0 Å². The maximum Gasteiger partial charge on any atom is 0.0812 e. The van der Waals surface area contributed by atoms with Crippen LogP contribution >= 0.6 is 0 Å². The molecular weight excluding hydrogens is 248 g/mol. The van der Waals surface area contributed by atoms with Gasteiger partial charge in [-0.1, -0.05) is 13.8 Å². The first kappa shape index (κ1) is 14.2. The summed E-state index contributed by atoms with van der Waals surface area (Å²) in [5.74, 6) is 0. The van der Waals surface area contributed by atoms with Gasteiger partial charge in [-0.15, -0.1) is 0 Å². The fraction of sp³-hybridized carbons (Fsp3) is 0.765. The van der Waals surface area contributed by atoms with E-state index < -0.39 is 0 Å². The Morgan fingerprint density at radius 3 is 2.80 bits per heavy atom. The smallest absolute Gasteiger partial charge is 0.0812 e. The van der Waals surface area contributed by atoms with E-state index in [9.17, 15) is 5.11 Å². The second-order valence-corrected chi connectivity index (χ2v) is 7.69. The second kappa shape index (κ2) is 4.88. The van der Waals surface area contributed by atoms with Crippen LogP contribution in [0.1, 0.15) is 63.4 Å². The van der Waals surface area contributed by atoms with Gasteiger partial charge in [0.15, 0.2) is 0 Å². The molecule has 3 unspecified atom stereocenters. The SMILES string of the molecule is CC1CC(n2ccc3c2CC(C)(C)CC3O)CCN1C. The Balaban J connectivity index is 1.89. The highest BCUT2D eigenvalue weighted by molar-refractivity contribution is 5.30. The number of aliphatic hydroxyl groups excluding tert-OH is 1. The Hall–Kier alpha value is -0.800. The number of hydrogen-bond acceptors (Lipinski definition) is 2. The summed E-state index contributed by atoms with van der Waals surface area (Å²) in [4.78, 5) is 2.45. The third-order valence-corrected chi connectivity index (χ3v) is 5.38. The monoisotopic (exact) mass is 276 g/mol. The Kier molecular flexibility index (Phi) is 3.46. The first-order valence-corrected chi connectivity index (χ1v) is 7.95. The van der Waals surface area contributed by atoms with Gasteiger partial charge in [0.05, 0.1) is 6.10 Å². The third-order valence-electron chi connectivity index (χ3n) is 5.38. The van der Waals surface area contributed by atoms with Crippen molar-refractivity contribution in [3.05, 3.63) is 23.5 Å². The van der Waals surface area contributed by atoms with Gasteiger partial charge < -0.3 is 14.6 Å². The van der Waals surface area contributed by atoms with E-state index in [0.717, 1.165) is 12.8 Å². The van der Waals surface area contributed by atoms with Crippen molar-refractivity contribution in [3.63, 3.8) is 0 Å². The quantitative estimate of drug-likeness (QED) is 0.853. The number of fused-ring (bicyclic) bond motifs is 1. The van der Waals surface area contributed by atoms with Crippen LogP contribution in [0.15, 0.2) is 12.3 Å². The molecule has 1 aliphatic carbocycles. The maximum absolute atomic E-state index is 10.4. The van der Waals surface area contributed by atoms with E-state index in [1.54, 1.807) is 0 Å². The average Bonchev–Trinajstić information content (AvgIpc) is 2.75. The molecule has 2 heterocycles. The Labute approximate surface area is 122 Å². The molecule has 0 amide bonds. The van der Waals surface area contributed by atoms with Gasteiger partial charge in [0.1, 0.15) is 0 Å². The Morgan fingerprint density at radius 1 is 1.35 bits per heavy atom. The van der Waals surface area contributed by atoms with Crippen LogP contribution in [0, 0.1) is 5.41 Å². The van der Waals surface area contributed by atoms with Crippen molar-refractivity contribution >= 4 is 0 Å². The van der Waals surface area contributed by atoms with E-state index in [0.29, 0.717) is 12.1 Å². The minimum Gasteiger partial charge on any atom is -0.388 e. The van der Waals surface area contributed by atoms with Crippen LogP contribution in [0.5, 0.6) is 0 Å². The molecule has 20 heavy (non-hydrogen) atoms. The molecule has 0 bridgehead atoms. The van der Waals surface area contributed by atoms with Gasteiger partial charge in [-0.05, 0) is 51.1 Å². The molecule has 1 fully saturated rings. The van der Waals surface area contributed by atoms with Crippen molar-refractivity contribution in [2.75, 3.05) is 13.6 Å². The van der Waals surface area contributed by atoms with Gasteiger partial charge >= 0.3 is 0 Å². The van der Waals surface area contributed by atoms with Crippen LogP contribution in [0.4, 0.5) is 0 Å². The van der Waals surface area contributed by atoms with Crippen molar-refractivity contribution in [1.29, 1.82) is 0 Å². The van der Waals surface area contributed by atoms with Crippen LogP contribution in [0.25, 0.3) is 0 Å². The number of aromatic nitrogens is 1. The van der Waals surface area contributed by atoms with E-state index in [4.69, 9.17) is 0 Å². The highest BCUT2D eigenvalue weighted by atomic mass is 16.3. The molecule has 3 atom stereocenters.